The van der Waals surface area contributed by atoms with Crippen LogP contribution >= 0.6 is 0 Å². The molecular formula is C13H21N3O. The fourth-order valence-electron chi connectivity index (χ4n) is 2.77. The molecular weight excluding hydrogens is 214 g/mol. The van der Waals surface area contributed by atoms with Crippen molar-refractivity contribution in [3.63, 3.8) is 0 Å². The Balaban J connectivity index is 2.00. The minimum absolute atomic E-state index is 0.155. The highest BCUT2D eigenvalue weighted by Crippen LogP contribution is 2.43. The van der Waals surface area contributed by atoms with E-state index in [0.717, 1.165) is 18.4 Å². The topological polar surface area (TPSA) is 49.0 Å². The zero-order valence-electron chi connectivity index (χ0n) is 10.9. The van der Waals surface area contributed by atoms with E-state index in [2.05, 4.69) is 24.0 Å². The maximum absolute atomic E-state index is 12.4. The van der Waals surface area contributed by atoms with Gasteiger partial charge < -0.3 is 4.90 Å². The average Bonchev–Trinajstić information content (AvgIpc) is 2.86. The molecule has 1 fully saturated rings. The number of carbonyl (C=O) groups excluding carboxylic acids is 1. The molecule has 0 radical (unpaired) electrons. The first kappa shape index (κ1) is 12.1. The first-order valence-electron chi connectivity index (χ1n) is 6.23. The third-order valence-electron chi connectivity index (χ3n) is 3.91. The van der Waals surface area contributed by atoms with Crippen LogP contribution in [0.3, 0.4) is 0 Å². The summed E-state index contributed by atoms with van der Waals surface area (Å²) in [7, 11) is 1.88. The molecule has 0 aromatic carbocycles. The number of rotatable bonds is 3. The third kappa shape index (κ3) is 2.51. The molecule has 4 nitrogen and oxygen atoms in total. The van der Waals surface area contributed by atoms with Gasteiger partial charge in [-0.25, -0.2) is 0 Å². The molecule has 1 N–H and O–H groups in total. The first-order valence-corrected chi connectivity index (χ1v) is 6.23. The highest BCUT2D eigenvalue weighted by Gasteiger charge is 2.40. The fourth-order valence-corrected chi connectivity index (χ4v) is 2.77. The van der Waals surface area contributed by atoms with Crippen LogP contribution in [0.1, 0.15) is 38.7 Å². The van der Waals surface area contributed by atoms with Gasteiger partial charge in [0.2, 0.25) is 5.91 Å². The van der Waals surface area contributed by atoms with Crippen molar-refractivity contribution in [1.82, 2.24) is 15.1 Å². The van der Waals surface area contributed by atoms with Crippen molar-refractivity contribution in [2.45, 2.75) is 39.7 Å². The summed E-state index contributed by atoms with van der Waals surface area (Å²) in [5.41, 5.74) is 1.21. The summed E-state index contributed by atoms with van der Waals surface area (Å²) < 4.78 is 0. The Hall–Kier alpha value is -1.32. The van der Waals surface area contributed by atoms with E-state index in [1.165, 1.54) is 6.42 Å². The predicted octanol–water partition coefficient (Wildman–Crippen LogP) is 2.19. The van der Waals surface area contributed by atoms with Gasteiger partial charge in [-0.2, -0.15) is 5.10 Å². The minimum atomic E-state index is 0.155. The lowest BCUT2D eigenvalue weighted by Crippen LogP contribution is -2.37. The Morgan fingerprint density at radius 2 is 2.41 bits per heavy atom. The molecule has 1 aliphatic carbocycles. The highest BCUT2D eigenvalue weighted by molar-refractivity contribution is 5.79. The number of amides is 1. The van der Waals surface area contributed by atoms with Gasteiger partial charge in [0, 0.05) is 31.3 Å². The van der Waals surface area contributed by atoms with E-state index in [-0.39, 0.29) is 17.2 Å². The summed E-state index contributed by atoms with van der Waals surface area (Å²) >= 11 is 0. The van der Waals surface area contributed by atoms with Crippen molar-refractivity contribution in [3.05, 3.63) is 18.0 Å². The average molecular weight is 235 g/mol. The van der Waals surface area contributed by atoms with Crippen LogP contribution in [0.5, 0.6) is 0 Å². The zero-order chi connectivity index (χ0) is 12.5. The number of nitrogens with zero attached hydrogens (tertiary/aromatic N) is 2. The summed E-state index contributed by atoms with van der Waals surface area (Å²) in [6, 6.07) is 0. The maximum atomic E-state index is 12.4. The lowest BCUT2D eigenvalue weighted by Gasteiger charge is -2.29. The van der Waals surface area contributed by atoms with Crippen LogP contribution in [-0.2, 0) is 11.3 Å². The molecule has 4 heteroatoms. The van der Waals surface area contributed by atoms with E-state index in [4.69, 9.17) is 0 Å². The zero-order valence-corrected chi connectivity index (χ0v) is 10.9. The van der Waals surface area contributed by atoms with Gasteiger partial charge in [0.25, 0.3) is 0 Å². The van der Waals surface area contributed by atoms with Gasteiger partial charge in [-0.3, -0.25) is 9.89 Å². The fraction of sp³-hybridized carbons (Fsp3) is 0.692. The number of hydrogen-bond acceptors (Lipinski definition) is 2. The molecule has 1 saturated carbocycles. The van der Waals surface area contributed by atoms with E-state index in [0.29, 0.717) is 6.54 Å². The normalized spacial score (nSPS) is 22.6. The van der Waals surface area contributed by atoms with Crippen LogP contribution in [0, 0.1) is 11.3 Å². The Morgan fingerprint density at radius 1 is 1.65 bits per heavy atom. The molecule has 1 atom stereocenters. The standard InChI is InChI=1S/C13H21N3O/c1-13(2)6-4-5-11(13)12(17)16(3)9-10-7-14-15-8-10/h7-8,11H,4-6,9H2,1-3H3,(H,14,15). The molecule has 0 bridgehead atoms. The molecule has 1 aliphatic rings. The number of hydrogen-bond donors (Lipinski definition) is 1. The maximum Gasteiger partial charge on any atom is 0.226 e. The van der Waals surface area contributed by atoms with E-state index >= 15 is 0 Å². The molecule has 0 spiro atoms. The van der Waals surface area contributed by atoms with Crippen molar-refractivity contribution in [1.29, 1.82) is 0 Å². The number of aromatic nitrogens is 2. The van der Waals surface area contributed by atoms with Gasteiger partial charge in [-0.15, -0.1) is 0 Å². The van der Waals surface area contributed by atoms with E-state index in [1.807, 2.05) is 18.1 Å². The van der Waals surface area contributed by atoms with Gasteiger partial charge >= 0.3 is 0 Å². The number of H-pyrrole nitrogens is 1. The molecule has 1 aromatic rings. The van der Waals surface area contributed by atoms with Crippen LogP contribution < -0.4 is 0 Å². The van der Waals surface area contributed by atoms with Crippen molar-refractivity contribution < 1.29 is 4.79 Å². The first-order chi connectivity index (χ1) is 8.00. The van der Waals surface area contributed by atoms with E-state index in [9.17, 15) is 4.79 Å². The number of nitrogens with one attached hydrogen (secondary N) is 1. The van der Waals surface area contributed by atoms with Crippen LogP contribution in [0.4, 0.5) is 0 Å². The molecule has 0 aliphatic heterocycles. The Morgan fingerprint density at radius 3 is 2.94 bits per heavy atom. The quantitative estimate of drug-likeness (QED) is 0.873. The van der Waals surface area contributed by atoms with Crippen molar-refractivity contribution >= 4 is 5.91 Å². The summed E-state index contributed by atoms with van der Waals surface area (Å²) in [5.74, 6) is 0.452. The predicted molar refractivity (Wildman–Crippen MR) is 66.2 cm³/mol. The van der Waals surface area contributed by atoms with Gasteiger partial charge in [0.1, 0.15) is 0 Å². The molecule has 1 aromatic heterocycles. The second kappa shape index (κ2) is 4.51. The van der Waals surface area contributed by atoms with Crippen LogP contribution in [0.15, 0.2) is 12.4 Å². The minimum Gasteiger partial charge on any atom is -0.341 e. The Bertz CT molecular complexity index is 383. The second-order valence-corrected chi connectivity index (χ2v) is 5.73. The summed E-state index contributed by atoms with van der Waals surface area (Å²) in [6.07, 6.45) is 6.96. The summed E-state index contributed by atoms with van der Waals surface area (Å²) in [4.78, 5) is 14.2. The molecule has 1 unspecified atom stereocenters. The van der Waals surface area contributed by atoms with Crippen LogP contribution in [0.2, 0.25) is 0 Å². The molecule has 0 saturated heterocycles. The number of aromatic amines is 1. The third-order valence-corrected chi connectivity index (χ3v) is 3.91. The smallest absolute Gasteiger partial charge is 0.226 e. The lowest BCUT2D eigenvalue weighted by atomic mass is 9.81. The van der Waals surface area contributed by atoms with Crippen LogP contribution in [0.25, 0.3) is 0 Å². The summed E-state index contributed by atoms with van der Waals surface area (Å²) in [6.45, 7) is 5.05. The van der Waals surface area contributed by atoms with Crippen molar-refractivity contribution in [2.75, 3.05) is 7.05 Å². The van der Waals surface area contributed by atoms with E-state index < -0.39 is 0 Å². The largest absolute Gasteiger partial charge is 0.341 e. The van der Waals surface area contributed by atoms with Gasteiger partial charge in [-0.1, -0.05) is 20.3 Å². The summed E-state index contributed by atoms with van der Waals surface area (Å²) in [5, 5.41) is 6.67. The molecule has 94 valence electrons. The molecule has 1 amide bonds. The lowest BCUT2D eigenvalue weighted by molar-refractivity contribution is -0.137. The highest BCUT2D eigenvalue weighted by atomic mass is 16.2. The Labute approximate surface area is 102 Å². The van der Waals surface area contributed by atoms with Crippen molar-refractivity contribution in [2.24, 2.45) is 11.3 Å². The van der Waals surface area contributed by atoms with Gasteiger partial charge in [0.15, 0.2) is 0 Å². The SMILES string of the molecule is CN(Cc1cn[nH]c1)C(=O)C1CCCC1(C)C. The Kier molecular flexibility index (Phi) is 3.22. The monoisotopic (exact) mass is 235 g/mol. The molecule has 1 heterocycles. The molecule has 2 rings (SSSR count). The number of carbonyl (C=O) groups is 1. The van der Waals surface area contributed by atoms with Gasteiger partial charge in [-0.05, 0) is 18.3 Å². The van der Waals surface area contributed by atoms with Crippen molar-refractivity contribution in [3.8, 4) is 0 Å². The molecule has 17 heavy (non-hydrogen) atoms. The van der Waals surface area contributed by atoms with E-state index in [1.54, 1.807) is 6.20 Å². The van der Waals surface area contributed by atoms with Gasteiger partial charge in [0.05, 0.1) is 6.20 Å². The second-order valence-electron chi connectivity index (χ2n) is 5.73. The van der Waals surface area contributed by atoms with Crippen LogP contribution in [-0.4, -0.2) is 28.1 Å².